The standard InChI is InChI=1S/C6H9NS/c1-7-4-2-6(8)3-5-7/h2,4H,3,5H2,1H3. The lowest BCUT2D eigenvalue weighted by atomic mass is 10.2. The Morgan fingerprint density at radius 1 is 1.75 bits per heavy atom. The summed E-state index contributed by atoms with van der Waals surface area (Å²) in [6.07, 6.45) is 5.05. The molecule has 0 radical (unpaired) electrons. The molecule has 0 amide bonds. The average Bonchev–Trinajstić information content (AvgIpc) is 1.77. The van der Waals surface area contributed by atoms with Crippen LogP contribution in [0.25, 0.3) is 0 Å². The van der Waals surface area contributed by atoms with Crippen LogP contribution in [0.5, 0.6) is 0 Å². The minimum atomic E-state index is 1.04. The summed E-state index contributed by atoms with van der Waals surface area (Å²) in [7, 11) is 2.05. The highest BCUT2D eigenvalue weighted by Gasteiger charge is 1.99. The quantitative estimate of drug-likeness (QED) is 0.450. The maximum absolute atomic E-state index is 4.95. The number of hydrogen-bond acceptors (Lipinski definition) is 2. The Morgan fingerprint density at radius 2 is 2.50 bits per heavy atom. The summed E-state index contributed by atoms with van der Waals surface area (Å²) in [6.45, 7) is 1.08. The first-order valence-electron chi connectivity index (χ1n) is 2.70. The molecule has 0 spiro atoms. The van der Waals surface area contributed by atoms with Gasteiger partial charge in [-0.05, 0) is 12.3 Å². The molecule has 2 heteroatoms. The second-order valence-corrected chi connectivity index (χ2v) is 2.54. The first kappa shape index (κ1) is 5.76. The van der Waals surface area contributed by atoms with Gasteiger partial charge in [0, 0.05) is 24.9 Å². The van der Waals surface area contributed by atoms with Crippen molar-refractivity contribution in [2.24, 2.45) is 0 Å². The van der Waals surface area contributed by atoms with Crippen molar-refractivity contribution >= 4 is 17.1 Å². The van der Waals surface area contributed by atoms with Crippen LogP contribution in [-0.2, 0) is 0 Å². The van der Waals surface area contributed by atoms with E-state index in [9.17, 15) is 0 Å². The second kappa shape index (κ2) is 2.27. The molecule has 1 rings (SSSR count). The van der Waals surface area contributed by atoms with Gasteiger partial charge in [-0.1, -0.05) is 12.2 Å². The molecule has 0 atom stereocenters. The van der Waals surface area contributed by atoms with Crippen molar-refractivity contribution in [2.45, 2.75) is 6.42 Å². The van der Waals surface area contributed by atoms with Crippen LogP contribution in [0, 0.1) is 0 Å². The molecule has 0 aromatic rings. The van der Waals surface area contributed by atoms with Crippen LogP contribution in [0.1, 0.15) is 6.42 Å². The fraction of sp³-hybridized carbons (Fsp3) is 0.500. The van der Waals surface area contributed by atoms with Crippen molar-refractivity contribution in [3.8, 4) is 0 Å². The van der Waals surface area contributed by atoms with Crippen molar-refractivity contribution < 1.29 is 0 Å². The van der Waals surface area contributed by atoms with Crippen LogP contribution in [0.3, 0.4) is 0 Å². The highest BCUT2D eigenvalue weighted by Crippen LogP contribution is 2.00. The predicted octanol–water partition coefficient (Wildman–Crippen LogP) is 1.21. The number of allylic oxidation sites excluding steroid dienone is 1. The van der Waals surface area contributed by atoms with Crippen LogP contribution >= 0.6 is 12.2 Å². The van der Waals surface area contributed by atoms with Gasteiger partial charge in [-0.2, -0.15) is 0 Å². The summed E-state index contributed by atoms with van der Waals surface area (Å²) >= 11 is 4.95. The van der Waals surface area contributed by atoms with E-state index in [0.717, 1.165) is 17.8 Å². The van der Waals surface area contributed by atoms with Gasteiger partial charge < -0.3 is 4.90 Å². The summed E-state index contributed by atoms with van der Waals surface area (Å²) in [5, 5.41) is 0. The molecule has 44 valence electrons. The molecule has 1 heterocycles. The normalized spacial score (nSPS) is 19.6. The summed E-state index contributed by atoms with van der Waals surface area (Å²) in [6, 6.07) is 0. The summed E-state index contributed by atoms with van der Waals surface area (Å²) < 4.78 is 0. The molecule has 1 nitrogen and oxygen atoms in total. The Kier molecular flexibility index (Phi) is 1.63. The van der Waals surface area contributed by atoms with Crippen molar-refractivity contribution in [3.05, 3.63) is 12.3 Å². The SMILES string of the molecule is CN1C=CC(=S)CC1. The molecule has 0 fully saturated rings. The molecule has 0 aromatic carbocycles. The third-order valence-electron chi connectivity index (χ3n) is 1.23. The lowest BCUT2D eigenvalue weighted by Gasteiger charge is -2.17. The summed E-state index contributed by atoms with van der Waals surface area (Å²) in [4.78, 5) is 3.21. The van der Waals surface area contributed by atoms with Gasteiger partial charge >= 0.3 is 0 Å². The van der Waals surface area contributed by atoms with Crippen molar-refractivity contribution in [2.75, 3.05) is 13.6 Å². The first-order valence-corrected chi connectivity index (χ1v) is 3.11. The van der Waals surface area contributed by atoms with Gasteiger partial charge in [-0.3, -0.25) is 0 Å². The molecule has 0 bridgehead atoms. The van der Waals surface area contributed by atoms with Gasteiger partial charge in [0.25, 0.3) is 0 Å². The van der Waals surface area contributed by atoms with E-state index in [4.69, 9.17) is 12.2 Å². The number of thiocarbonyl (C=S) groups is 1. The zero-order chi connectivity index (χ0) is 5.98. The lowest BCUT2D eigenvalue weighted by Crippen LogP contribution is -2.18. The van der Waals surface area contributed by atoms with E-state index in [2.05, 4.69) is 11.9 Å². The lowest BCUT2D eigenvalue weighted by molar-refractivity contribution is 0.465. The molecular formula is C6H9NS. The highest BCUT2D eigenvalue weighted by atomic mass is 32.1. The Hall–Kier alpha value is -0.370. The van der Waals surface area contributed by atoms with Gasteiger partial charge in [0.15, 0.2) is 0 Å². The Bertz CT molecular complexity index is 128. The van der Waals surface area contributed by atoms with Gasteiger partial charge in [0.05, 0.1) is 0 Å². The molecule has 1 aliphatic heterocycles. The van der Waals surface area contributed by atoms with Crippen molar-refractivity contribution in [1.29, 1.82) is 0 Å². The van der Waals surface area contributed by atoms with Crippen molar-refractivity contribution in [1.82, 2.24) is 4.90 Å². The van der Waals surface area contributed by atoms with E-state index >= 15 is 0 Å². The molecule has 0 aromatic heterocycles. The zero-order valence-electron chi connectivity index (χ0n) is 4.92. The number of hydrogen-bond donors (Lipinski definition) is 0. The van der Waals surface area contributed by atoms with Crippen LogP contribution in [-0.4, -0.2) is 23.4 Å². The predicted molar refractivity (Wildman–Crippen MR) is 39.0 cm³/mol. The van der Waals surface area contributed by atoms with E-state index < -0.39 is 0 Å². The van der Waals surface area contributed by atoms with E-state index in [0.29, 0.717) is 0 Å². The highest BCUT2D eigenvalue weighted by molar-refractivity contribution is 7.80. The molecule has 0 saturated heterocycles. The van der Waals surface area contributed by atoms with Crippen LogP contribution in [0.15, 0.2) is 12.3 Å². The Labute approximate surface area is 55.0 Å². The van der Waals surface area contributed by atoms with Crippen molar-refractivity contribution in [3.63, 3.8) is 0 Å². The fourth-order valence-corrected chi connectivity index (χ4v) is 0.807. The largest absolute Gasteiger partial charge is 0.380 e. The van der Waals surface area contributed by atoms with Gasteiger partial charge in [0.1, 0.15) is 0 Å². The van der Waals surface area contributed by atoms with E-state index in [1.807, 2.05) is 12.3 Å². The van der Waals surface area contributed by atoms with Crippen LogP contribution < -0.4 is 0 Å². The number of rotatable bonds is 0. The van der Waals surface area contributed by atoms with Gasteiger partial charge in [0.2, 0.25) is 0 Å². The van der Waals surface area contributed by atoms with E-state index in [1.165, 1.54) is 0 Å². The summed E-state index contributed by atoms with van der Waals surface area (Å²) in [5.74, 6) is 0. The minimum Gasteiger partial charge on any atom is -0.380 e. The molecule has 0 saturated carbocycles. The van der Waals surface area contributed by atoms with Gasteiger partial charge in [-0.15, -0.1) is 0 Å². The van der Waals surface area contributed by atoms with Gasteiger partial charge in [-0.25, -0.2) is 0 Å². The minimum absolute atomic E-state index is 1.04. The first-order chi connectivity index (χ1) is 3.79. The Morgan fingerprint density at radius 3 is 2.88 bits per heavy atom. The molecule has 8 heavy (non-hydrogen) atoms. The number of nitrogens with zero attached hydrogens (tertiary/aromatic N) is 1. The van der Waals surface area contributed by atoms with E-state index in [-0.39, 0.29) is 0 Å². The zero-order valence-corrected chi connectivity index (χ0v) is 5.74. The molecule has 0 unspecified atom stereocenters. The second-order valence-electron chi connectivity index (χ2n) is 2.01. The van der Waals surface area contributed by atoms with Crippen LogP contribution in [0.4, 0.5) is 0 Å². The monoisotopic (exact) mass is 127 g/mol. The fourth-order valence-electron chi connectivity index (χ4n) is 0.655. The molecule has 0 aliphatic carbocycles. The summed E-state index contributed by atoms with van der Waals surface area (Å²) in [5.41, 5.74) is 0. The third kappa shape index (κ3) is 1.30. The maximum atomic E-state index is 4.95. The topological polar surface area (TPSA) is 3.24 Å². The molecule has 0 N–H and O–H groups in total. The maximum Gasteiger partial charge on any atom is 0.0217 e. The smallest absolute Gasteiger partial charge is 0.0217 e. The molecule has 1 aliphatic rings. The average molecular weight is 127 g/mol. The van der Waals surface area contributed by atoms with E-state index in [1.54, 1.807) is 0 Å². The van der Waals surface area contributed by atoms with Crippen LogP contribution in [0.2, 0.25) is 0 Å². The third-order valence-corrected chi connectivity index (χ3v) is 1.57. The molecular weight excluding hydrogens is 118 g/mol. The Balaban J connectivity index is 2.55.